The molecule has 3 N–H and O–H groups in total. The molecule has 0 radical (unpaired) electrons. The standard InChI is InChI=1S/C20H20N4O3/c1-2-10-27-17-8-6-15(7-9-17)18-12-19(23-22-18)20(26)24-21-13-14-4-3-5-16(25)11-14/h3-9,11-13,25H,2,10H2,1H3,(H,22,23)(H,24,26)/b21-13+. The van der Waals surface area contributed by atoms with Crippen LogP contribution in [0.4, 0.5) is 0 Å². The van der Waals surface area contributed by atoms with Crippen LogP contribution in [0.25, 0.3) is 11.3 Å². The van der Waals surface area contributed by atoms with Crippen LogP contribution in [-0.2, 0) is 0 Å². The Hall–Kier alpha value is -3.61. The molecule has 2 aromatic carbocycles. The fourth-order valence-corrected chi connectivity index (χ4v) is 2.36. The Morgan fingerprint density at radius 3 is 2.81 bits per heavy atom. The van der Waals surface area contributed by atoms with E-state index in [1.54, 1.807) is 24.3 Å². The highest BCUT2D eigenvalue weighted by atomic mass is 16.5. The Labute approximate surface area is 156 Å². The molecule has 138 valence electrons. The summed E-state index contributed by atoms with van der Waals surface area (Å²) in [6.45, 7) is 2.73. The first-order valence-electron chi connectivity index (χ1n) is 8.57. The zero-order valence-corrected chi connectivity index (χ0v) is 14.8. The maximum atomic E-state index is 12.2. The predicted octanol–water partition coefficient (Wildman–Crippen LogP) is 3.34. The number of nitrogens with zero attached hydrogens (tertiary/aromatic N) is 2. The van der Waals surface area contributed by atoms with Gasteiger partial charge in [0.2, 0.25) is 0 Å². The van der Waals surface area contributed by atoms with Crippen molar-refractivity contribution < 1.29 is 14.6 Å². The highest BCUT2D eigenvalue weighted by Crippen LogP contribution is 2.21. The number of H-pyrrole nitrogens is 1. The molecule has 0 atom stereocenters. The van der Waals surface area contributed by atoms with E-state index in [2.05, 4.69) is 27.6 Å². The number of carbonyl (C=O) groups excluding carboxylic acids is 1. The number of amides is 1. The van der Waals surface area contributed by atoms with Crippen molar-refractivity contribution in [2.45, 2.75) is 13.3 Å². The number of aromatic nitrogens is 2. The molecule has 0 aliphatic rings. The van der Waals surface area contributed by atoms with Crippen molar-refractivity contribution in [1.82, 2.24) is 15.6 Å². The normalized spacial score (nSPS) is 10.9. The van der Waals surface area contributed by atoms with Crippen LogP contribution in [0.15, 0.2) is 59.7 Å². The highest BCUT2D eigenvalue weighted by Gasteiger charge is 2.10. The summed E-state index contributed by atoms with van der Waals surface area (Å²) in [7, 11) is 0. The van der Waals surface area contributed by atoms with Gasteiger partial charge in [0.15, 0.2) is 0 Å². The van der Waals surface area contributed by atoms with Crippen LogP contribution in [0.1, 0.15) is 29.4 Å². The third kappa shape index (κ3) is 4.94. The van der Waals surface area contributed by atoms with Crippen LogP contribution in [0.2, 0.25) is 0 Å². The molecule has 1 heterocycles. The van der Waals surface area contributed by atoms with Gasteiger partial charge in [-0.25, -0.2) is 5.43 Å². The number of nitrogens with one attached hydrogen (secondary N) is 2. The highest BCUT2D eigenvalue weighted by molar-refractivity contribution is 5.94. The first-order valence-corrected chi connectivity index (χ1v) is 8.57. The molecule has 0 saturated carbocycles. The number of carbonyl (C=O) groups is 1. The topological polar surface area (TPSA) is 99.6 Å². The molecule has 27 heavy (non-hydrogen) atoms. The lowest BCUT2D eigenvalue weighted by Gasteiger charge is -2.04. The van der Waals surface area contributed by atoms with Crippen LogP contribution >= 0.6 is 0 Å². The molecule has 7 heteroatoms. The summed E-state index contributed by atoms with van der Waals surface area (Å²) in [5.74, 6) is 0.526. The Kier molecular flexibility index (Phi) is 5.84. The van der Waals surface area contributed by atoms with E-state index in [0.29, 0.717) is 23.6 Å². The average molecular weight is 364 g/mol. The Bertz CT molecular complexity index is 932. The van der Waals surface area contributed by atoms with Crippen LogP contribution in [0.3, 0.4) is 0 Å². The second-order valence-corrected chi connectivity index (χ2v) is 5.83. The van der Waals surface area contributed by atoms with Gasteiger partial charge in [-0.05, 0) is 54.4 Å². The number of rotatable bonds is 7. The Morgan fingerprint density at radius 2 is 2.07 bits per heavy atom. The number of hydrazone groups is 1. The van der Waals surface area contributed by atoms with E-state index < -0.39 is 5.91 Å². The lowest BCUT2D eigenvalue weighted by molar-refractivity contribution is 0.0950. The Balaban J connectivity index is 1.62. The maximum Gasteiger partial charge on any atom is 0.289 e. The SMILES string of the molecule is CCCOc1ccc(-c2cc(C(=O)N/N=C/c3cccc(O)c3)[nH]n2)cc1. The molecule has 7 nitrogen and oxygen atoms in total. The molecule has 1 amide bonds. The number of aromatic hydroxyl groups is 1. The molecule has 0 saturated heterocycles. The van der Waals surface area contributed by atoms with E-state index in [-0.39, 0.29) is 5.75 Å². The van der Waals surface area contributed by atoms with Crippen molar-refractivity contribution in [3.05, 3.63) is 65.9 Å². The van der Waals surface area contributed by atoms with Gasteiger partial charge in [0.1, 0.15) is 17.2 Å². The molecule has 0 unspecified atom stereocenters. The number of hydrogen-bond donors (Lipinski definition) is 3. The fourth-order valence-electron chi connectivity index (χ4n) is 2.36. The van der Waals surface area contributed by atoms with E-state index in [0.717, 1.165) is 17.7 Å². The molecular weight excluding hydrogens is 344 g/mol. The summed E-state index contributed by atoms with van der Waals surface area (Å²) in [6, 6.07) is 15.7. The van der Waals surface area contributed by atoms with Gasteiger partial charge in [0.25, 0.3) is 5.91 Å². The molecular formula is C20H20N4O3. The molecule has 1 aromatic heterocycles. The number of phenols is 1. The van der Waals surface area contributed by atoms with Gasteiger partial charge in [0.05, 0.1) is 18.5 Å². The third-order valence-corrected chi connectivity index (χ3v) is 3.70. The summed E-state index contributed by atoms with van der Waals surface area (Å²) in [4.78, 5) is 12.2. The maximum absolute atomic E-state index is 12.2. The van der Waals surface area contributed by atoms with E-state index in [9.17, 15) is 9.90 Å². The fraction of sp³-hybridized carbons (Fsp3) is 0.150. The van der Waals surface area contributed by atoms with Crippen LogP contribution in [0.5, 0.6) is 11.5 Å². The van der Waals surface area contributed by atoms with E-state index in [1.165, 1.54) is 12.3 Å². The van der Waals surface area contributed by atoms with Crippen LogP contribution in [0, 0.1) is 0 Å². The molecule has 3 aromatic rings. The summed E-state index contributed by atoms with van der Waals surface area (Å²) in [6.07, 6.45) is 2.40. The largest absolute Gasteiger partial charge is 0.508 e. The number of aromatic amines is 1. The minimum atomic E-state index is -0.409. The minimum absolute atomic E-state index is 0.134. The molecule has 0 bridgehead atoms. The number of phenolic OH excluding ortho intramolecular Hbond substituents is 1. The van der Waals surface area contributed by atoms with Crippen molar-refractivity contribution in [3.8, 4) is 22.8 Å². The van der Waals surface area contributed by atoms with E-state index in [1.807, 2.05) is 24.3 Å². The lowest BCUT2D eigenvalue weighted by atomic mass is 10.1. The molecule has 0 aliphatic carbocycles. The van der Waals surface area contributed by atoms with Crippen molar-refractivity contribution in [3.63, 3.8) is 0 Å². The van der Waals surface area contributed by atoms with E-state index >= 15 is 0 Å². The number of hydrogen-bond acceptors (Lipinski definition) is 5. The molecule has 3 rings (SSSR count). The number of ether oxygens (including phenoxy) is 1. The predicted molar refractivity (Wildman–Crippen MR) is 103 cm³/mol. The van der Waals surface area contributed by atoms with Gasteiger partial charge in [-0.2, -0.15) is 10.2 Å². The second-order valence-electron chi connectivity index (χ2n) is 5.83. The van der Waals surface area contributed by atoms with Gasteiger partial charge >= 0.3 is 0 Å². The van der Waals surface area contributed by atoms with Crippen molar-refractivity contribution in [1.29, 1.82) is 0 Å². The first-order chi connectivity index (χ1) is 13.2. The molecule has 0 spiro atoms. The second kappa shape index (κ2) is 8.66. The summed E-state index contributed by atoms with van der Waals surface area (Å²) >= 11 is 0. The zero-order chi connectivity index (χ0) is 19.1. The van der Waals surface area contributed by atoms with Crippen molar-refractivity contribution in [2.75, 3.05) is 6.61 Å². The zero-order valence-electron chi connectivity index (χ0n) is 14.8. The first kappa shape index (κ1) is 18.2. The van der Waals surface area contributed by atoms with Gasteiger partial charge in [-0.15, -0.1) is 0 Å². The van der Waals surface area contributed by atoms with Crippen molar-refractivity contribution in [2.24, 2.45) is 5.10 Å². The number of benzene rings is 2. The van der Waals surface area contributed by atoms with Crippen molar-refractivity contribution >= 4 is 12.1 Å². The average Bonchev–Trinajstić information content (AvgIpc) is 3.17. The smallest absolute Gasteiger partial charge is 0.289 e. The third-order valence-electron chi connectivity index (χ3n) is 3.70. The van der Waals surface area contributed by atoms with Gasteiger partial charge in [-0.3, -0.25) is 9.89 Å². The molecule has 0 aliphatic heterocycles. The van der Waals surface area contributed by atoms with Gasteiger partial charge < -0.3 is 9.84 Å². The lowest BCUT2D eigenvalue weighted by Crippen LogP contribution is -2.17. The monoisotopic (exact) mass is 364 g/mol. The minimum Gasteiger partial charge on any atom is -0.508 e. The summed E-state index contributed by atoms with van der Waals surface area (Å²) in [5, 5.41) is 20.2. The summed E-state index contributed by atoms with van der Waals surface area (Å²) in [5.41, 5.74) is 4.91. The molecule has 0 fully saturated rings. The Morgan fingerprint density at radius 1 is 1.26 bits per heavy atom. The van der Waals surface area contributed by atoms with Gasteiger partial charge in [-0.1, -0.05) is 19.1 Å². The summed E-state index contributed by atoms with van der Waals surface area (Å²) < 4.78 is 5.55. The quantitative estimate of drug-likeness (QED) is 0.442. The van der Waals surface area contributed by atoms with Gasteiger partial charge in [0, 0.05) is 5.56 Å². The van der Waals surface area contributed by atoms with E-state index in [4.69, 9.17) is 4.74 Å². The van der Waals surface area contributed by atoms with Crippen LogP contribution in [-0.4, -0.2) is 34.0 Å². The van der Waals surface area contributed by atoms with Crippen LogP contribution < -0.4 is 10.2 Å².